The van der Waals surface area contributed by atoms with E-state index in [1.807, 2.05) is 51.1 Å². The number of hydrogen-bond donors (Lipinski definition) is 2. The minimum Gasteiger partial charge on any atom is -0.444 e. The van der Waals surface area contributed by atoms with E-state index in [1.165, 1.54) is 11.8 Å². The zero-order chi connectivity index (χ0) is 22.3. The summed E-state index contributed by atoms with van der Waals surface area (Å²) in [5.74, 6) is -0.0382. The Balaban J connectivity index is 1.86. The average molecular weight is 413 g/mol. The van der Waals surface area contributed by atoms with Crippen LogP contribution in [0.4, 0.5) is 10.5 Å². The third-order valence-corrected chi connectivity index (χ3v) is 4.81. The lowest BCUT2D eigenvalue weighted by Gasteiger charge is -2.33. The van der Waals surface area contributed by atoms with Gasteiger partial charge in [0.2, 0.25) is 0 Å². The molecule has 0 radical (unpaired) electrons. The van der Waals surface area contributed by atoms with Crippen LogP contribution >= 0.6 is 0 Å². The zero-order valence-corrected chi connectivity index (χ0v) is 18.5. The van der Waals surface area contributed by atoms with Crippen LogP contribution in [0.3, 0.4) is 0 Å². The first-order chi connectivity index (χ1) is 14.1. The zero-order valence-electron chi connectivity index (χ0n) is 18.5. The van der Waals surface area contributed by atoms with Crippen molar-refractivity contribution in [2.24, 2.45) is 0 Å². The maximum atomic E-state index is 12.4. The van der Waals surface area contributed by atoms with E-state index in [9.17, 15) is 14.9 Å². The largest absolute Gasteiger partial charge is 0.444 e. The lowest BCUT2D eigenvalue weighted by molar-refractivity contribution is -0.112. The van der Waals surface area contributed by atoms with Crippen molar-refractivity contribution >= 4 is 17.7 Å². The number of nitrogens with zero attached hydrogens (tertiary/aromatic N) is 2. The van der Waals surface area contributed by atoms with E-state index in [0.717, 1.165) is 0 Å². The van der Waals surface area contributed by atoms with E-state index in [0.29, 0.717) is 37.5 Å². The van der Waals surface area contributed by atoms with Crippen molar-refractivity contribution in [1.29, 1.82) is 5.26 Å². The summed E-state index contributed by atoms with van der Waals surface area (Å²) in [5, 5.41) is 15.3. The van der Waals surface area contributed by atoms with Crippen molar-refractivity contribution in [3.63, 3.8) is 0 Å². The summed E-state index contributed by atoms with van der Waals surface area (Å²) in [6, 6.07) is 9.63. The SMILES string of the molecule is CC(C)c1ccc(NC(=O)/C(C#N)=C\NC2CCN(C(=O)OC(C)(C)C)CC2)cc1. The predicted molar refractivity (Wildman–Crippen MR) is 117 cm³/mol. The molecule has 7 heteroatoms. The number of ether oxygens (including phenoxy) is 1. The smallest absolute Gasteiger partial charge is 0.410 e. The van der Waals surface area contributed by atoms with Gasteiger partial charge in [0.05, 0.1) is 0 Å². The van der Waals surface area contributed by atoms with E-state index in [1.54, 1.807) is 4.90 Å². The lowest BCUT2D eigenvalue weighted by atomic mass is 10.0. The van der Waals surface area contributed by atoms with Gasteiger partial charge >= 0.3 is 6.09 Å². The van der Waals surface area contributed by atoms with Gasteiger partial charge in [0.25, 0.3) is 5.91 Å². The van der Waals surface area contributed by atoms with Gasteiger partial charge in [-0.05, 0) is 57.2 Å². The second-order valence-electron chi connectivity index (χ2n) is 8.81. The highest BCUT2D eigenvalue weighted by molar-refractivity contribution is 6.06. The van der Waals surface area contributed by atoms with Gasteiger partial charge in [0, 0.05) is 31.0 Å². The summed E-state index contributed by atoms with van der Waals surface area (Å²) in [4.78, 5) is 26.2. The predicted octanol–water partition coefficient (Wildman–Crippen LogP) is 4.15. The molecule has 0 aliphatic carbocycles. The Hall–Kier alpha value is -3.01. The van der Waals surface area contributed by atoms with Crippen LogP contribution in [0.5, 0.6) is 0 Å². The molecule has 1 fully saturated rings. The first-order valence-corrected chi connectivity index (χ1v) is 10.3. The molecule has 2 amide bonds. The summed E-state index contributed by atoms with van der Waals surface area (Å²) in [6.45, 7) is 10.9. The molecule has 0 bridgehead atoms. The summed E-state index contributed by atoms with van der Waals surface area (Å²) in [7, 11) is 0. The van der Waals surface area contributed by atoms with Crippen LogP contribution in [0, 0.1) is 11.3 Å². The Morgan fingerprint density at radius 3 is 2.30 bits per heavy atom. The van der Waals surface area contributed by atoms with Crippen LogP contribution in [0.25, 0.3) is 0 Å². The Bertz CT molecular complexity index is 808. The molecule has 1 aromatic carbocycles. The molecule has 162 valence electrons. The van der Waals surface area contributed by atoms with E-state index >= 15 is 0 Å². The Morgan fingerprint density at radius 2 is 1.80 bits per heavy atom. The summed E-state index contributed by atoms with van der Waals surface area (Å²) in [6.07, 6.45) is 2.59. The molecule has 1 saturated heterocycles. The van der Waals surface area contributed by atoms with Crippen molar-refractivity contribution in [3.8, 4) is 6.07 Å². The number of hydrogen-bond acceptors (Lipinski definition) is 5. The number of piperidine rings is 1. The molecular formula is C23H32N4O3. The van der Waals surface area contributed by atoms with Gasteiger partial charge in [-0.3, -0.25) is 4.79 Å². The van der Waals surface area contributed by atoms with Crippen molar-refractivity contribution in [2.45, 2.75) is 65.0 Å². The number of carbonyl (C=O) groups is 2. The third-order valence-electron chi connectivity index (χ3n) is 4.81. The standard InChI is InChI=1S/C23H32N4O3/c1-16(2)17-6-8-20(9-7-17)26-21(28)18(14-24)15-25-19-10-12-27(13-11-19)22(29)30-23(3,4)5/h6-9,15-16,19,25H,10-13H2,1-5H3,(H,26,28)/b18-15-. The molecule has 0 atom stereocenters. The van der Waals surface area contributed by atoms with Gasteiger partial charge in [-0.2, -0.15) is 5.26 Å². The van der Waals surface area contributed by atoms with Crippen LogP contribution in [-0.4, -0.2) is 41.6 Å². The first-order valence-electron chi connectivity index (χ1n) is 10.3. The average Bonchev–Trinajstić information content (AvgIpc) is 2.68. The summed E-state index contributed by atoms with van der Waals surface area (Å²) in [5.41, 5.74) is 1.33. The molecule has 2 N–H and O–H groups in total. The third kappa shape index (κ3) is 7.11. The van der Waals surface area contributed by atoms with Crippen molar-refractivity contribution < 1.29 is 14.3 Å². The second kappa shape index (κ2) is 10.1. The maximum absolute atomic E-state index is 12.4. The van der Waals surface area contributed by atoms with E-state index in [-0.39, 0.29) is 17.7 Å². The van der Waals surface area contributed by atoms with Gasteiger partial charge < -0.3 is 20.3 Å². The Labute approximate surface area is 179 Å². The molecule has 7 nitrogen and oxygen atoms in total. The number of likely N-dealkylation sites (tertiary alicyclic amines) is 1. The molecule has 0 spiro atoms. The number of rotatable bonds is 5. The lowest BCUT2D eigenvalue weighted by Crippen LogP contribution is -2.45. The molecule has 1 aromatic rings. The highest BCUT2D eigenvalue weighted by Gasteiger charge is 2.26. The van der Waals surface area contributed by atoms with E-state index in [4.69, 9.17) is 4.74 Å². The van der Waals surface area contributed by atoms with Gasteiger partial charge in [0.1, 0.15) is 17.2 Å². The van der Waals surface area contributed by atoms with E-state index < -0.39 is 11.5 Å². The Kier molecular flexibility index (Phi) is 7.87. The molecular weight excluding hydrogens is 380 g/mol. The minimum absolute atomic E-state index is 0.0116. The normalized spacial score (nSPS) is 15.5. The van der Waals surface area contributed by atoms with Crippen LogP contribution in [0.1, 0.15) is 58.9 Å². The molecule has 30 heavy (non-hydrogen) atoms. The van der Waals surface area contributed by atoms with Crippen LogP contribution in [-0.2, 0) is 9.53 Å². The summed E-state index contributed by atoms with van der Waals surface area (Å²) < 4.78 is 5.40. The molecule has 1 aliphatic heterocycles. The molecule has 1 aliphatic rings. The van der Waals surface area contributed by atoms with Crippen molar-refractivity contribution in [2.75, 3.05) is 18.4 Å². The number of amides is 2. The number of nitrogens with one attached hydrogen (secondary N) is 2. The number of benzene rings is 1. The highest BCUT2D eigenvalue weighted by Crippen LogP contribution is 2.18. The maximum Gasteiger partial charge on any atom is 0.410 e. The number of anilines is 1. The number of nitriles is 1. The topological polar surface area (TPSA) is 94.5 Å². The van der Waals surface area contributed by atoms with Gasteiger partial charge in [0.15, 0.2) is 0 Å². The van der Waals surface area contributed by atoms with Gasteiger partial charge in [-0.1, -0.05) is 26.0 Å². The van der Waals surface area contributed by atoms with Gasteiger partial charge in [-0.15, -0.1) is 0 Å². The molecule has 0 aromatic heterocycles. The fourth-order valence-electron chi connectivity index (χ4n) is 3.05. The van der Waals surface area contributed by atoms with Crippen molar-refractivity contribution in [1.82, 2.24) is 10.2 Å². The second-order valence-corrected chi connectivity index (χ2v) is 8.81. The minimum atomic E-state index is -0.515. The molecule has 0 saturated carbocycles. The van der Waals surface area contributed by atoms with Crippen LogP contribution in [0.15, 0.2) is 36.0 Å². The molecule has 2 rings (SSSR count). The fraction of sp³-hybridized carbons (Fsp3) is 0.522. The highest BCUT2D eigenvalue weighted by atomic mass is 16.6. The first kappa shape index (κ1) is 23.3. The fourth-order valence-corrected chi connectivity index (χ4v) is 3.05. The Morgan fingerprint density at radius 1 is 1.20 bits per heavy atom. The number of carbonyl (C=O) groups excluding carboxylic acids is 2. The molecule has 1 heterocycles. The molecule has 0 unspecified atom stereocenters. The van der Waals surface area contributed by atoms with Crippen LogP contribution in [0.2, 0.25) is 0 Å². The van der Waals surface area contributed by atoms with Gasteiger partial charge in [-0.25, -0.2) is 4.79 Å². The van der Waals surface area contributed by atoms with E-state index in [2.05, 4.69) is 24.5 Å². The summed E-state index contributed by atoms with van der Waals surface area (Å²) >= 11 is 0. The van der Waals surface area contributed by atoms with Crippen LogP contribution < -0.4 is 10.6 Å². The monoisotopic (exact) mass is 412 g/mol. The quantitative estimate of drug-likeness (QED) is 0.560. The van der Waals surface area contributed by atoms with Crippen molar-refractivity contribution in [3.05, 3.63) is 41.6 Å².